The molecular weight excluding hydrogens is 336 g/mol. The number of benzene rings is 2. The van der Waals surface area contributed by atoms with Crippen molar-refractivity contribution < 1.29 is 9.90 Å². The quantitative estimate of drug-likeness (QED) is 0.532. The Balaban J connectivity index is 1.76. The highest BCUT2D eigenvalue weighted by atomic mass is 16.4. The Labute approximate surface area is 157 Å². The second-order valence-electron chi connectivity index (χ2n) is 6.89. The van der Waals surface area contributed by atoms with Gasteiger partial charge < -0.3 is 10.1 Å². The number of H-pyrrole nitrogens is 1. The van der Waals surface area contributed by atoms with E-state index in [1.807, 2.05) is 36.7 Å². The lowest BCUT2D eigenvalue weighted by molar-refractivity contribution is -0.136. The first kappa shape index (κ1) is 17.0. The number of aryl methyl sites for hydroxylation is 2. The van der Waals surface area contributed by atoms with Gasteiger partial charge in [0, 0.05) is 28.9 Å². The lowest BCUT2D eigenvalue weighted by atomic mass is 9.99. The molecule has 0 spiro atoms. The largest absolute Gasteiger partial charge is 0.481 e. The summed E-state index contributed by atoms with van der Waals surface area (Å²) in [4.78, 5) is 18.7. The predicted molar refractivity (Wildman–Crippen MR) is 108 cm³/mol. The maximum absolute atomic E-state index is 10.9. The van der Waals surface area contributed by atoms with Crippen LogP contribution in [0.5, 0.6) is 0 Å². The van der Waals surface area contributed by atoms with Gasteiger partial charge in [-0.3, -0.25) is 4.79 Å². The fraction of sp³-hybridized carbons (Fsp3) is 0.130. The first-order valence-corrected chi connectivity index (χ1v) is 8.87. The molecule has 2 heterocycles. The monoisotopic (exact) mass is 356 g/mol. The van der Waals surface area contributed by atoms with Crippen LogP contribution in [0.3, 0.4) is 0 Å². The van der Waals surface area contributed by atoms with E-state index in [9.17, 15) is 4.79 Å². The van der Waals surface area contributed by atoms with Crippen LogP contribution in [-0.4, -0.2) is 21.0 Å². The predicted octanol–water partition coefficient (Wildman–Crippen LogP) is 5.14. The average Bonchev–Trinajstić information content (AvgIpc) is 3.07. The van der Waals surface area contributed by atoms with Crippen LogP contribution in [0.1, 0.15) is 16.7 Å². The molecule has 4 nitrogen and oxygen atoms in total. The summed E-state index contributed by atoms with van der Waals surface area (Å²) in [6.07, 6.45) is 3.88. The second-order valence-corrected chi connectivity index (χ2v) is 6.89. The van der Waals surface area contributed by atoms with Crippen molar-refractivity contribution in [3.8, 4) is 22.3 Å². The van der Waals surface area contributed by atoms with Gasteiger partial charge in [0.1, 0.15) is 5.65 Å². The van der Waals surface area contributed by atoms with Crippen LogP contribution in [0.25, 0.3) is 33.3 Å². The number of carboxylic acid groups (broad SMARTS) is 1. The lowest BCUT2D eigenvalue weighted by Gasteiger charge is -2.07. The summed E-state index contributed by atoms with van der Waals surface area (Å²) in [6.45, 7) is 4.23. The van der Waals surface area contributed by atoms with E-state index in [-0.39, 0.29) is 6.42 Å². The first-order chi connectivity index (χ1) is 13.0. The third kappa shape index (κ3) is 3.34. The number of nitrogens with zero attached hydrogens (tertiary/aromatic N) is 1. The number of pyridine rings is 1. The summed E-state index contributed by atoms with van der Waals surface area (Å²) in [5.41, 5.74) is 8.49. The summed E-state index contributed by atoms with van der Waals surface area (Å²) in [5, 5.41) is 9.98. The molecule has 4 rings (SSSR count). The Bertz CT molecular complexity index is 1140. The molecule has 0 saturated heterocycles. The van der Waals surface area contributed by atoms with Crippen molar-refractivity contribution in [2.24, 2.45) is 0 Å². The zero-order valence-electron chi connectivity index (χ0n) is 15.3. The highest BCUT2D eigenvalue weighted by Crippen LogP contribution is 2.31. The molecule has 0 unspecified atom stereocenters. The molecular formula is C23H20N2O2. The number of carboxylic acids is 1. The van der Waals surface area contributed by atoms with Crippen molar-refractivity contribution in [2.45, 2.75) is 20.3 Å². The van der Waals surface area contributed by atoms with Crippen LogP contribution in [0.4, 0.5) is 0 Å². The highest BCUT2D eigenvalue weighted by Gasteiger charge is 2.10. The molecule has 0 aliphatic rings. The second kappa shape index (κ2) is 6.72. The van der Waals surface area contributed by atoms with Gasteiger partial charge in [0.15, 0.2) is 0 Å². The van der Waals surface area contributed by atoms with Gasteiger partial charge in [0.2, 0.25) is 0 Å². The molecule has 2 aromatic heterocycles. The Morgan fingerprint density at radius 3 is 2.41 bits per heavy atom. The number of nitrogens with one attached hydrogen (secondary N) is 1. The third-order valence-corrected chi connectivity index (χ3v) is 4.99. The van der Waals surface area contributed by atoms with Crippen molar-refractivity contribution in [3.63, 3.8) is 0 Å². The van der Waals surface area contributed by atoms with E-state index in [4.69, 9.17) is 5.11 Å². The van der Waals surface area contributed by atoms with Crippen molar-refractivity contribution in [1.82, 2.24) is 9.97 Å². The molecule has 2 N–H and O–H groups in total. The lowest BCUT2D eigenvalue weighted by Crippen LogP contribution is -1.99. The number of carbonyl (C=O) groups is 1. The fourth-order valence-corrected chi connectivity index (χ4v) is 3.30. The van der Waals surface area contributed by atoms with Crippen LogP contribution in [0.15, 0.2) is 60.9 Å². The SMILES string of the molecule is Cc1ccc(-c2cnc3[nH]cc(-c4ccc(CC(=O)O)cc4)c3c2)cc1C. The Morgan fingerprint density at radius 2 is 1.70 bits per heavy atom. The van der Waals surface area contributed by atoms with Gasteiger partial charge in [-0.25, -0.2) is 4.98 Å². The van der Waals surface area contributed by atoms with E-state index in [0.29, 0.717) is 0 Å². The molecule has 0 saturated carbocycles. The molecule has 0 amide bonds. The normalized spacial score (nSPS) is 11.0. The topological polar surface area (TPSA) is 66.0 Å². The Hall–Kier alpha value is -3.40. The number of rotatable bonds is 4. The van der Waals surface area contributed by atoms with E-state index in [1.54, 1.807) is 0 Å². The van der Waals surface area contributed by atoms with Crippen molar-refractivity contribution in [3.05, 3.63) is 77.6 Å². The summed E-state index contributed by atoms with van der Waals surface area (Å²) < 4.78 is 0. The highest BCUT2D eigenvalue weighted by molar-refractivity contribution is 5.95. The zero-order chi connectivity index (χ0) is 19.0. The first-order valence-electron chi connectivity index (χ1n) is 8.87. The number of fused-ring (bicyclic) bond motifs is 1. The van der Waals surface area contributed by atoms with E-state index in [1.165, 1.54) is 11.1 Å². The van der Waals surface area contributed by atoms with Crippen LogP contribution >= 0.6 is 0 Å². The molecule has 2 aromatic carbocycles. The average molecular weight is 356 g/mol. The van der Waals surface area contributed by atoms with Gasteiger partial charge >= 0.3 is 5.97 Å². The number of aromatic amines is 1. The Kier molecular flexibility index (Phi) is 4.24. The number of hydrogen-bond donors (Lipinski definition) is 2. The molecule has 134 valence electrons. The molecule has 0 fully saturated rings. The zero-order valence-corrected chi connectivity index (χ0v) is 15.3. The van der Waals surface area contributed by atoms with Gasteiger partial charge in [-0.15, -0.1) is 0 Å². The number of hydrogen-bond acceptors (Lipinski definition) is 2. The van der Waals surface area contributed by atoms with Crippen molar-refractivity contribution in [2.75, 3.05) is 0 Å². The van der Waals surface area contributed by atoms with E-state index in [2.05, 4.69) is 48.1 Å². The maximum Gasteiger partial charge on any atom is 0.307 e. The minimum absolute atomic E-state index is 0.0344. The molecule has 0 atom stereocenters. The summed E-state index contributed by atoms with van der Waals surface area (Å²) in [5.74, 6) is -0.822. The minimum Gasteiger partial charge on any atom is -0.481 e. The van der Waals surface area contributed by atoms with Crippen molar-refractivity contribution in [1.29, 1.82) is 0 Å². The van der Waals surface area contributed by atoms with Crippen LogP contribution < -0.4 is 0 Å². The molecule has 27 heavy (non-hydrogen) atoms. The minimum atomic E-state index is -0.822. The van der Waals surface area contributed by atoms with Crippen LogP contribution in [0, 0.1) is 13.8 Å². The van der Waals surface area contributed by atoms with Crippen molar-refractivity contribution >= 4 is 17.0 Å². The molecule has 4 aromatic rings. The third-order valence-electron chi connectivity index (χ3n) is 4.99. The summed E-state index contributed by atoms with van der Waals surface area (Å²) in [6, 6.07) is 16.2. The molecule has 0 radical (unpaired) electrons. The number of aromatic nitrogens is 2. The standard InChI is InChI=1S/C23H20N2O2/c1-14-3-6-18(9-15(14)2)19-11-20-21(13-25-23(20)24-12-19)17-7-4-16(5-8-17)10-22(26)27/h3-9,11-13H,10H2,1-2H3,(H,24,25)(H,26,27). The molecule has 0 bridgehead atoms. The van der Waals surface area contributed by atoms with Crippen LogP contribution in [0.2, 0.25) is 0 Å². The molecule has 4 heteroatoms. The summed E-state index contributed by atoms with van der Waals surface area (Å²) in [7, 11) is 0. The van der Waals surface area contributed by atoms with Gasteiger partial charge in [0.25, 0.3) is 0 Å². The smallest absolute Gasteiger partial charge is 0.307 e. The molecule has 0 aliphatic heterocycles. The maximum atomic E-state index is 10.9. The van der Waals surface area contributed by atoms with Crippen LogP contribution in [-0.2, 0) is 11.2 Å². The van der Waals surface area contributed by atoms with E-state index < -0.39 is 5.97 Å². The van der Waals surface area contributed by atoms with Gasteiger partial charge in [0.05, 0.1) is 6.42 Å². The van der Waals surface area contributed by atoms with E-state index >= 15 is 0 Å². The van der Waals surface area contributed by atoms with Gasteiger partial charge in [-0.05, 0) is 47.7 Å². The van der Waals surface area contributed by atoms with Gasteiger partial charge in [-0.2, -0.15) is 0 Å². The summed E-state index contributed by atoms with van der Waals surface area (Å²) >= 11 is 0. The fourth-order valence-electron chi connectivity index (χ4n) is 3.30. The van der Waals surface area contributed by atoms with E-state index in [0.717, 1.165) is 38.9 Å². The Morgan fingerprint density at radius 1 is 0.963 bits per heavy atom. The van der Waals surface area contributed by atoms with Gasteiger partial charge in [-0.1, -0.05) is 42.5 Å². The molecule has 0 aliphatic carbocycles. The number of aliphatic carboxylic acids is 1.